The van der Waals surface area contributed by atoms with Crippen LogP contribution in [0.25, 0.3) is 0 Å². The Balaban J connectivity index is 2.10. The molecule has 5 nitrogen and oxygen atoms in total. The summed E-state index contributed by atoms with van der Waals surface area (Å²) >= 11 is 0. The van der Waals surface area contributed by atoms with Crippen LogP contribution in [0.4, 0.5) is 5.69 Å². The average Bonchev–Trinajstić information content (AvgIpc) is 2.70. The summed E-state index contributed by atoms with van der Waals surface area (Å²) in [6, 6.07) is 6.60. The minimum atomic E-state index is -0.558. The van der Waals surface area contributed by atoms with Crippen LogP contribution >= 0.6 is 0 Å². The Labute approximate surface area is 129 Å². The fourth-order valence-electron chi connectivity index (χ4n) is 2.11. The van der Waals surface area contributed by atoms with Gasteiger partial charge in [0.25, 0.3) is 11.8 Å². The molecule has 1 aromatic rings. The standard InChI is InChI=1S/C16H13BN2O3/c1-3-12-13(4-2)16(22)19(15(12)21)9-14(20)18-11-7-5-6-10(17)8-11/h3-8H,1-2,9H2,(H,18,20). The van der Waals surface area contributed by atoms with Gasteiger partial charge in [0, 0.05) is 5.69 Å². The maximum atomic E-state index is 12.1. The molecule has 0 saturated carbocycles. The number of carbonyl (C=O) groups is 3. The van der Waals surface area contributed by atoms with E-state index < -0.39 is 17.7 Å². The lowest BCUT2D eigenvalue weighted by Gasteiger charge is -2.14. The minimum Gasteiger partial charge on any atom is -0.325 e. The molecule has 2 rings (SSSR count). The van der Waals surface area contributed by atoms with Crippen molar-refractivity contribution in [1.82, 2.24) is 4.90 Å². The highest BCUT2D eigenvalue weighted by atomic mass is 16.2. The number of nitrogens with one attached hydrogen (secondary N) is 1. The third-order valence-electron chi connectivity index (χ3n) is 3.12. The van der Waals surface area contributed by atoms with Crippen molar-refractivity contribution in [3.63, 3.8) is 0 Å². The number of carbonyl (C=O) groups excluding carboxylic acids is 3. The lowest BCUT2D eigenvalue weighted by atomic mass is 9.96. The van der Waals surface area contributed by atoms with Crippen LogP contribution in [-0.2, 0) is 14.4 Å². The summed E-state index contributed by atoms with van der Waals surface area (Å²) in [6.07, 6.45) is 2.57. The Morgan fingerprint density at radius 2 is 1.77 bits per heavy atom. The molecular formula is C16H13BN2O3. The van der Waals surface area contributed by atoms with Gasteiger partial charge in [0.2, 0.25) is 5.91 Å². The Morgan fingerprint density at radius 3 is 2.27 bits per heavy atom. The Morgan fingerprint density at radius 1 is 1.18 bits per heavy atom. The van der Waals surface area contributed by atoms with Crippen molar-refractivity contribution >= 4 is 36.7 Å². The molecule has 108 valence electrons. The number of imide groups is 1. The summed E-state index contributed by atoms with van der Waals surface area (Å²) in [5, 5.41) is 2.58. The molecule has 0 spiro atoms. The molecule has 3 amide bonds. The molecule has 1 N–H and O–H groups in total. The topological polar surface area (TPSA) is 66.5 Å². The van der Waals surface area contributed by atoms with Crippen molar-refractivity contribution in [3.8, 4) is 0 Å². The van der Waals surface area contributed by atoms with E-state index in [1.807, 2.05) is 0 Å². The van der Waals surface area contributed by atoms with E-state index >= 15 is 0 Å². The fourth-order valence-corrected chi connectivity index (χ4v) is 2.11. The van der Waals surface area contributed by atoms with Crippen molar-refractivity contribution in [2.24, 2.45) is 0 Å². The maximum absolute atomic E-state index is 12.1. The second-order valence-electron chi connectivity index (χ2n) is 4.61. The van der Waals surface area contributed by atoms with Gasteiger partial charge in [0.1, 0.15) is 14.4 Å². The molecular weight excluding hydrogens is 279 g/mol. The number of amides is 3. The first kappa shape index (κ1) is 15.5. The number of nitrogens with zero attached hydrogens (tertiary/aromatic N) is 1. The number of rotatable bonds is 5. The van der Waals surface area contributed by atoms with E-state index in [0.717, 1.165) is 4.90 Å². The molecule has 1 aliphatic heterocycles. The predicted octanol–water partition coefficient (Wildman–Crippen LogP) is 0.456. The zero-order chi connectivity index (χ0) is 16.3. The normalized spacial score (nSPS) is 14.3. The van der Waals surface area contributed by atoms with Crippen molar-refractivity contribution in [1.29, 1.82) is 0 Å². The van der Waals surface area contributed by atoms with Gasteiger partial charge >= 0.3 is 0 Å². The summed E-state index contributed by atoms with van der Waals surface area (Å²) in [5.74, 6) is -1.61. The van der Waals surface area contributed by atoms with Gasteiger partial charge in [-0.2, -0.15) is 0 Å². The number of hydrogen-bond donors (Lipinski definition) is 1. The van der Waals surface area contributed by atoms with Crippen LogP contribution in [0.3, 0.4) is 0 Å². The Bertz CT molecular complexity index is 692. The molecule has 1 heterocycles. The zero-order valence-electron chi connectivity index (χ0n) is 11.8. The van der Waals surface area contributed by atoms with E-state index in [-0.39, 0.29) is 17.7 Å². The maximum Gasteiger partial charge on any atom is 0.262 e. The molecule has 0 unspecified atom stereocenters. The van der Waals surface area contributed by atoms with Crippen molar-refractivity contribution < 1.29 is 14.4 Å². The lowest BCUT2D eigenvalue weighted by molar-refractivity contribution is -0.140. The van der Waals surface area contributed by atoms with Crippen LogP contribution in [-0.4, -0.2) is 37.0 Å². The van der Waals surface area contributed by atoms with Gasteiger partial charge in [-0.05, 0) is 12.1 Å². The quantitative estimate of drug-likeness (QED) is 0.633. The summed E-state index contributed by atoms with van der Waals surface area (Å²) in [7, 11) is 5.62. The monoisotopic (exact) mass is 292 g/mol. The molecule has 0 saturated heterocycles. The first-order valence-electron chi connectivity index (χ1n) is 6.48. The van der Waals surface area contributed by atoms with E-state index in [1.165, 1.54) is 12.2 Å². The van der Waals surface area contributed by atoms with E-state index in [4.69, 9.17) is 7.85 Å². The number of hydrogen-bond acceptors (Lipinski definition) is 3. The van der Waals surface area contributed by atoms with Gasteiger partial charge in [0.05, 0.1) is 11.1 Å². The Hall–Kier alpha value is -2.89. The largest absolute Gasteiger partial charge is 0.325 e. The second-order valence-corrected chi connectivity index (χ2v) is 4.61. The van der Waals surface area contributed by atoms with Gasteiger partial charge in [-0.15, -0.1) is 0 Å². The van der Waals surface area contributed by atoms with Gasteiger partial charge in [-0.1, -0.05) is 42.9 Å². The summed E-state index contributed by atoms with van der Waals surface area (Å²) in [5.41, 5.74) is 1.29. The van der Waals surface area contributed by atoms with Crippen LogP contribution in [0, 0.1) is 0 Å². The van der Waals surface area contributed by atoms with E-state index in [2.05, 4.69) is 18.5 Å². The average molecular weight is 292 g/mol. The van der Waals surface area contributed by atoms with Crippen LogP contribution in [0.1, 0.15) is 0 Å². The molecule has 0 aromatic heterocycles. The van der Waals surface area contributed by atoms with Crippen LogP contribution in [0.2, 0.25) is 0 Å². The van der Waals surface area contributed by atoms with E-state index in [9.17, 15) is 14.4 Å². The predicted molar refractivity (Wildman–Crippen MR) is 84.6 cm³/mol. The molecule has 1 aliphatic rings. The van der Waals surface area contributed by atoms with Gasteiger partial charge in [-0.3, -0.25) is 19.3 Å². The first-order chi connectivity index (χ1) is 10.5. The van der Waals surface area contributed by atoms with Crippen molar-refractivity contribution in [3.05, 3.63) is 60.7 Å². The molecule has 1 aromatic carbocycles. The van der Waals surface area contributed by atoms with Gasteiger partial charge < -0.3 is 5.32 Å². The molecule has 2 radical (unpaired) electrons. The smallest absolute Gasteiger partial charge is 0.262 e. The molecule has 0 aliphatic carbocycles. The highest BCUT2D eigenvalue weighted by Crippen LogP contribution is 2.22. The lowest BCUT2D eigenvalue weighted by Crippen LogP contribution is -2.38. The van der Waals surface area contributed by atoms with E-state index in [1.54, 1.807) is 24.3 Å². The fraction of sp³-hybridized carbons (Fsp3) is 0.0625. The van der Waals surface area contributed by atoms with Crippen molar-refractivity contribution in [2.75, 3.05) is 11.9 Å². The highest BCUT2D eigenvalue weighted by molar-refractivity contribution is 6.32. The molecule has 0 atom stereocenters. The van der Waals surface area contributed by atoms with Gasteiger partial charge in [-0.25, -0.2) is 0 Å². The van der Waals surface area contributed by atoms with Crippen LogP contribution in [0.15, 0.2) is 60.7 Å². The highest BCUT2D eigenvalue weighted by Gasteiger charge is 2.36. The molecule has 6 heteroatoms. The summed E-state index contributed by atoms with van der Waals surface area (Å²) < 4.78 is 0. The second kappa shape index (κ2) is 6.26. The number of benzene rings is 1. The Kier molecular flexibility index (Phi) is 4.41. The molecule has 0 bridgehead atoms. The molecule has 22 heavy (non-hydrogen) atoms. The summed E-state index contributed by atoms with van der Waals surface area (Å²) in [4.78, 5) is 37.0. The van der Waals surface area contributed by atoms with Crippen LogP contribution in [0.5, 0.6) is 0 Å². The van der Waals surface area contributed by atoms with Crippen LogP contribution < -0.4 is 10.8 Å². The van der Waals surface area contributed by atoms with Gasteiger partial charge in [0.15, 0.2) is 0 Å². The molecule has 0 fully saturated rings. The SMILES string of the molecule is [B]c1cccc(NC(=O)CN2C(=O)C(C=C)=C(C=C)C2=O)c1. The van der Waals surface area contributed by atoms with E-state index in [0.29, 0.717) is 11.2 Å². The third-order valence-corrected chi connectivity index (χ3v) is 3.12. The first-order valence-corrected chi connectivity index (χ1v) is 6.48. The third kappa shape index (κ3) is 2.91. The minimum absolute atomic E-state index is 0.150. The van der Waals surface area contributed by atoms with Crippen molar-refractivity contribution in [2.45, 2.75) is 0 Å². The zero-order valence-corrected chi connectivity index (χ0v) is 11.8. The number of anilines is 1. The summed E-state index contributed by atoms with van der Waals surface area (Å²) in [6.45, 7) is 6.61.